The minimum absolute atomic E-state index is 0.0250. The molecule has 34 heavy (non-hydrogen) atoms. The average molecular weight is 457 g/mol. The standard InChI is InChI=1S/C28H32N4O2/c1-2-34-22-15-13-20(14-16-22)24-17-23(28(33)29-18-19-9-5-3-6-10-19)25-26(31-32-27(25)30-24)21-11-7-4-8-12-21/h3-16,23-27,30-32H,2,17-18H2,1H3,(H,29,33). The van der Waals surface area contributed by atoms with Crippen LogP contribution < -0.4 is 26.2 Å². The van der Waals surface area contributed by atoms with Crippen LogP contribution in [-0.4, -0.2) is 18.7 Å². The molecule has 2 heterocycles. The number of fused-ring (bicyclic) bond motifs is 1. The predicted molar refractivity (Wildman–Crippen MR) is 133 cm³/mol. The summed E-state index contributed by atoms with van der Waals surface area (Å²) in [5, 5.41) is 6.96. The number of carbonyl (C=O) groups excluding carboxylic acids is 1. The minimum atomic E-state index is -0.153. The monoisotopic (exact) mass is 456 g/mol. The first-order valence-corrected chi connectivity index (χ1v) is 12.1. The van der Waals surface area contributed by atoms with Crippen LogP contribution in [0.25, 0.3) is 0 Å². The Hall–Kier alpha value is -3.19. The van der Waals surface area contributed by atoms with E-state index in [4.69, 9.17) is 4.74 Å². The summed E-state index contributed by atoms with van der Waals surface area (Å²) in [5.41, 5.74) is 10.3. The summed E-state index contributed by atoms with van der Waals surface area (Å²) >= 11 is 0. The smallest absolute Gasteiger partial charge is 0.223 e. The summed E-state index contributed by atoms with van der Waals surface area (Å²) in [7, 11) is 0. The summed E-state index contributed by atoms with van der Waals surface area (Å²) in [6, 6.07) is 28.8. The number of carbonyl (C=O) groups is 1. The first-order valence-electron chi connectivity index (χ1n) is 12.1. The minimum Gasteiger partial charge on any atom is -0.494 e. The quantitative estimate of drug-likeness (QED) is 0.435. The van der Waals surface area contributed by atoms with Gasteiger partial charge in [0, 0.05) is 24.4 Å². The van der Waals surface area contributed by atoms with Gasteiger partial charge in [-0.05, 0) is 42.2 Å². The van der Waals surface area contributed by atoms with E-state index in [1.807, 2.05) is 67.6 Å². The molecular formula is C28H32N4O2. The average Bonchev–Trinajstić information content (AvgIpc) is 3.33. The number of nitrogens with one attached hydrogen (secondary N) is 4. The van der Waals surface area contributed by atoms with Crippen molar-refractivity contribution in [2.24, 2.45) is 11.8 Å². The maximum Gasteiger partial charge on any atom is 0.223 e. The van der Waals surface area contributed by atoms with E-state index in [0.717, 1.165) is 23.3 Å². The number of ether oxygens (including phenoxy) is 1. The molecule has 6 heteroatoms. The van der Waals surface area contributed by atoms with Crippen molar-refractivity contribution < 1.29 is 9.53 Å². The van der Waals surface area contributed by atoms with Crippen LogP contribution in [0.1, 0.15) is 42.1 Å². The van der Waals surface area contributed by atoms with Crippen LogP contribution in [0.5, 0.6) is 5.75 Å². The second-order valence-electron chi connectivity index (χ2n) is 9.00. The molecule has 5 atom stereocenters. The van der Waals surface area contributed by atoms with Crippen LogP contribution in [0.15, 0.2) is 84.9 Å². The number of hydrogen-bond acceptors (Lipinski definition) is 5. The van der Waals surface area contributed by atoms with E-state index in [-0.39, 0.29) is 36.0 Å². The summed E-state index contributed by atoms with van der Waals surface area (Å²) in [4.78, 5) is 13.6. The number of rotatable bonds is 7. The van der Waals surface area contributed by atoms with Gasteiger partial charge in [-0.15, -0.1) is 0 Å². The largest absolute Gasteiger partial charge is 0.494 e. The second-order valence-corrected chi connectivity index (χ2v) is 9.00. The van der Waals surface area contributed by atoms with Crippen LogP contribution >= 0.6 is 0 Å². The van der Waals surface area contributed by atoms with Gasteiger partial charge in [0.2, 0.25) is 5.91 Å². The Kier molecular flexibility index (Phi) is 6.90. The van der Waals surface area contributed by atoms with Gasteiger partial charge < -0.3 is 10.1 Å². The van der Waals surface area contributed by atoms with E-state index in [1.165, 1.54) is 5.56 Å². The lowest BCUT2D eigenvalue weighted by molar-refractivity contribution is -0.129. The highest BCUT2D eigenvalue weighted by Crippen LogP contribution is 2.42. The fourth-order valence-electron chi connectivity index (χ4n) is 5.24. The van der Waals surface area contributed by atoms with Gasteiger partial charge >= 0.3 is 0 Å². The Morgan fingerprint density at radius 3 is 2.32 bits per heavy atom. The zero-order valence-electron chi connectivity index (χ0n) is 19.4. The Morgan fingerprint density at radius 2 is 1.62 bits per heavy atom. The van der Waals surface area contributed by atoms with Crippen LogP contribution in [0.4, 0.5) is 0 Å². The van der Waals surface area contributed by atoms with Crippen LogP contribution in [-0.2, 0) is 11.3 Å². The van der Waals surface area contributed by atoms with Gasteiger partial charge in [0.05, 0.1) is 18.8 Å². The molecule has 2 fully saturated rings. The highest BCUT2D eigenvalue weighted by atomic mass is 16.5. The summed E-state index contributed by atoms with van der Waals surface area (Å²) in [6.07, 6.45) is 0.700. The second kappa shape index (κ2) is 10.4. The molecule has 2 aliphatic rings. The van der Waals surface area contributed by atoms with Gasteiger partial charge in [-0.25, -0.2) is 10.9 Å². The third-order valence-electron chi connectivity index (χ3n) is 6.90. The van der Waals surface area contributed by atoms with Gasteiger partial charge in [-0.1, -0.05) is 72.8 Å². The summed E-state index contributed by atoms with van der Waals surface area (Å²) < 4.78 is 5.61. The highest BCUT2D eigenvalue weighted by Gasteiger charge is 2.49. The molecule has 0 spiro atoms. The van der Waals surface area contributed by atoms with Gasteiger partial charge in [-0.2, -0.15) is 0 Å². The molecule has 3 aromatic carbocycles. The lowest BCUT2D eigenvalue weighted by Gasteiger charge is -2.40. The predicted octanol–water partition coefficient (Wildman–Crippen LogP) is 3.84. The molecule has 2 aliphatic heterocycles. The lowest BCUT2D eigenvalue weighted by atomic mass is 9.74. The number of piperidine rings is 1. The van der Waals surface area contributed by atoms with Crippen molar-refractivity contribution in [2.75, 3.05) is 6.61 Å². The molecule has 0 radical (unpaired) electrons. The first kappa shape index (κ1) is 22.6. The molecule has 0 saturated carbocycles. The molecule has 2 saturated heterocycles. The summed E-state index contributed by atoms with van der Waals surface area (Å²) in [6.45, 7) is 3.16. The van der Waals surface area contributed by atoms with Crippen molar-refractivity contribution in [1.82, 2.24) is 21.5 Å². The molecule has 176 valence electrons. The number of hydrazine groups is 1. The molecule has 3 aromatic rings. The maximum absolute atomic E-state index is 13.6. The molecule has 0 bridgehead atoms. The third kappa shape index (κ3) is 4.85. The van der Waals surface area contributed by atoms with E-state index in [9.17, 15) is 4.79 Å². The normalized spacial score (nSPS) is 26.0. The van der Waals surface area contributed by atoms with Crippen LogP contribution in [0.2, 0.25) is 0 Å². The summed E-state index contributed by atoms with van der Waals surface area (Å²) in [5.74, 6) is 0.890. The molecule has 0 aromatic heterocycles. The fourth-order valence-corrected chi connectivity index (χ4v) is 5.24. The molecule has 0 aliphatic carbocycles. The number of benzene rings is 3. The number of hydrogen-bond donors (Lipinski definition) is 4. The van der Waals surface area contributed by atoms with E-state index >= 15 is 0 Å². The topological polar surface area (TPSA) is 74.4 Å². The zero-order chi connectivity index (χ0) is 23.3. The Morgan fingerprint density at radius 1 is 0.912 bits per heavy atom. The van der Waals surface area contributed by atoms with Crippen LogP contribution in [0, 0.1) is 11.8 Å². The molecule has 5 rings (SSSR count). The SMILES string of the molecule is CCOc1ccc(C2CC(C(=O)NCc3ccccc3)C3C(NNC3c3ccccc3)N2)cc1. The van der Waals surface area contributed by atoms with Crippen molar-refractivity contribution in [3.8, 4) is 5.75 Å². The van der Waals surface area contributed by atoms with Crippen molar-refractivity contribution in [3.63, 3.8) is 0 Å². The Bertz CT molecular complexity index is 1070. The van der Waals surface area contributed by atoms with Crippen molar-refractivity contribution in [3.05, 3.63) is 102 Å². The van der Waals surface area contributed by atoms with Gasteiger partial charge in [0.25, 0.3) is 0 Å². The fraction of sp³-hybridized carbons (Fsp3) is 0.321. The lowest BCUT2D eigenvalue weighted by Crippen LogP contribution is -2.54. The molecular weight excluding hydrogens is 424 g/mol. The van der Waals surface area contributed by atoms with E-state index in [1.54, 1.807) is 0 Å². The highest BCUT2D eigenvalue weighted by molar-refractivity contribution is 5.79. The van der Waals surface area contributed by atoms with E-state index in [2.05, 4.69) is 45.8 Å². The number of amides is 1. The molecule has 4 N–H and O–H groups in total. The van der Waals surface area contributed by atoms with E-state index < -0.39 is 0 Å². The molecule has 5 unspecified atom stereocenters. The van der Waals surface area contributed by atoms with Gasteiger partial charge in [-0.3, -0.25) is 10.1 Å². The zero-order valence-corrected chi connectivity index (χ0v) is 19.4. The Balaban J connectivity index is 1.39. The molecule has 1 amide bonds. The Labute approximate surface area is 201 Å². The van der Waals surface area contributed by atoms with Crippen LogP contribution in [0.3, 0.4) is 0 Å². The maximum atomic E-state index is 13.6. The van der Waals surface area contributed by atoms with Crippen molar-refractivity contribution >= 4 is 5.91 Å². The van der Waals surface area contributed by atoms with Gasteiger partial charge in [0.1, 0.15) is 5.75 Å². The third-order valence-corrected chi connectivity index (χ3v) is 6.90. The van der Waals surface area contributed by atoms with Crippen molar-refractivity contribution in [2.45, 2.75) is 38.1 Å². The van der Waals surface area contributed by atoms with Crippen molar-refractivity contribution in [1.29, 1.82) is 0 Å². The van der Waals surface area contributed by atoms with Gasteiger partial charge in [0.15, 0.2) is 0 Å². The molecule has 6 nitrogen and oxygen atoms in total. The first-order chi connectivity index (χ1) is 16.7. The van der Waals surface area contributed by atoms with E-state index in [0.29, 0.717) is 13.2 Å².